The van der Waals surface area contributed by atoms with Crippen LogP contribution in [-0.4, -0.2) is 56.4 Å². The third-order valence-electron chi connectivity index (χ3n) is 4.51. The van der Waals surface area contributed by atoms with Crippen molar-refractivity contribution in [3.8, 4) is 5.75 Å². The van der Waals surface area contributed by atoms with Crippen LogP contribution < -0.4 is 15.4 Å². The van der Waals surface area contributed by atoms with E-state index < -0.39 is 46.8 Å². The predicted molar refractivity (Wildman–Crippen MR) is 114 cm³/mol. The third-order valence-corrected chi connectivity index (χ3v) is 4.95. The van der Waals surface area contributed by atoms with E-state index in [9.17, 15) is 32.9 Å². The van der Waals surface area contributed by atoms with E-state index in [2.05, 4.69) is 25.9 Å². The lowest BCUT2D eigenvalue weighted by Gasteiger charge is -2.10. The second kappa shape index (κ2) is 11.0. The van der Waals surface area contributed by atoms with Crippen molar-refractivity contribution < 1.29 is 36.9 Å². The van der Waals surface area contributed by atoms with E-state index in [4.69, 9.17) is 20.9 Å². The average Bonchev–Trinajstić information content (AvgIpc) is 3.40. The highest BCUT2D eigenvalue weighted by Gasteiger charge is 2.30. The first-order valence-electron chi connectivity index (χ1n) is 10.0. The minimum absolute atomic E-state index is 0.0114. The van der Waals surface area contributed by atoms with Gasteiger partial charge in [0, 0.05) is 13.1 Å². The van der Waals surface area contributed by atoms with Gasteiger partial charge in [0.2, 0.25) is 0 Å². The number of carbonyl (C=O) groups is 2. The van der Waals surface area contributed by atoms with Gasteiger partial charge >= 0.3 is 23.8 Å². The first-order valence-corrected chi connectivity index (χ1v) is 10.4. The van der Waals surface area contributed by atoms with Crippen LogP contribution in [0.1, 0.15) is 27.8 Å². The largest absolute Gasteiger partial charge is 0.484 e. The zero-order chi connectivity index (χ0) is 26.5. The van der Waals surface area contributed by atoms with E-state index in [0.29, 0.717) is 5.69 Å². The van der Waals surface area contributed by atoms with Crippen LogP contribution in [0.3, 0.4) is 0 Å². The minimum Gasteiger partial charge on any atom is -0.484 e. The van der Waals surface area contributed by atoms with Gasteiger partial charge in [0.1, 0.15) is 12.3 Å². The maximum atomic E-state index is 12.7. The molecule has 2 N–H and O–H groups in total. The molecule has 0 spiro atoms. The fourth-order valence-corrected chi connectivity index (χ4v) is 2.94. The third kappa shape index (κ3) is 6.68. The standard InChI is InChI=1S/C19H17ClF3N7O6/c1-10-15(20)16(30(33)34)27-29(10)8-13-26-18(36-28-13)17(32)25-6-5-24-14(31)9-35-12-4-2-3-11(7-12)19(21,22)23/h2-4,7H,5-6,8-9H2,1H3,(H,24,31)(H,25,32). The molecule has 2 aromatic heterocycles. The summed E-state index contributed by atoms with van der Waals surface area (Å²) in [5.74, 6) is -2.40. The average molecular weight is 532 g/mol. The van der Waals surface area contributed by atoms with E-state index in [1.54, 1.807) is 0 Å². The number of rotatable bonds is 10. The minimum atomic E-state index is -4.54. The molecule has 13 nitrogen and oxygen atoms in total. The SMILES string of the molecule is Cc1c(Cl)c([N+](=O)[O-])nn1Cc1noc(C(=O)NCCNC(=O)COc2cccc(C(F)(F)F)c2)n1. The highest BCUT2D eigenvalue weighted by Crippen LogP contribution is 2.31. The Morgan fingerprint density at radius 1 is 1.28 bits per heavy atom. The van der Waals surface area contributed by atoms with Gasteiger partial charge in [0.25, 0.3) is 5.91 Å². The summed E-state index contributed by atoms with van der Waals surface area (Å²) in [6.07, 6.45) is -4.54. The topological polar surface area (TPSA) is 167 Å². The first-order chi connectivity index (χ1) is 17.0. The summed E-state index contributed by atoms with van der Waals surface area (Å²) in [5, 5.41) is 23.0. The molecule has 0 radical (unpaired) electrons. The fourth-order valence-electron chi connectivity index (χ4n) is 2.74. The Hall–Kier alpha value is -4.21. The molecule has 2 heterocycles. The lowest BCUT2D eigenvalue weighted by molar-refractivity contribution is -0.389. The molecule has 0 atom stereocenters. The Kier molecular flexibility index (Phi) is 8.08. The van der Waals surface area contributed by atoms with Gasteiger partial charge in [-0.25, -0.2) is 0 Å². The molecule has 0 aliphatic rings. The lowest BCUT2D eigenvalue weighted by atomic mass is 10.2. The highest BCUT2D eigenvalue weighted by molar-refractivity contribution is 6.33. The summed E-state index contributed by atoms with van der Waals surface area (Å²) >= 11 is 5.87. The number of nitrogens with one attached hydrogen (secondary N) is 2. The van der Waals surface area contributed by atoms with Gasteiger partial charge in [0.15, 0.2) is 17.5 Å². The second-order valence-corrected chi connectivity index (χ2v) is 7.45. The Morgan fingerprint density at radius 2 is 2.00 bits per heavy atom. The van der Waals surface area contributed by atoms with E-state index in [-0.39, 0.29) is 36.2 Å². The molecule has 3 rings (SSSR count). The van der Waals surface area contributed by atoms with Crippen LogP contribution in [0.4, 0.5) is 19.0 Å². The smallest absolute Gasteiger partial charge is 0.416 e. The Bertz CT molecular complexity index is 1280. The first kappa shape index (κ1) is 26.4. The van der Waals surface area contributed by atoms with E-state index >= 15 is 0 Å². The molecular weight excluding hydrogens is 515 g/mol. The zero-order valence-electron chi connectivity index (χ0n) is 18.3. The molecular formula is C19H17ClF3N7O6. The number of ether oxygens (including phenoxy) is 1. The van der Waals surface area contributed by atoms with E-state index in [0.717, 1.165) is 18.2 Å². The lowest BCUT2D eigenvalue weighted by Crippen LogP contribution is -2.36. The van der Waals surface area contributed by atoms with Gasteiger partial charge in [0.05, 0.1) is 16.4 Å². The van der Waals surface area contributed by atoms with Crippen LogP contribution in [0.25, 0.3) is 0 Å². The second-order valence-electron chi connectivity index (χ2n) is 7.07. The number of aromatic nitrogens is 4. The van der Waals surface area contributed by atoms with Crippen LogP contribution in [0.2, 0.25) is 5.02 Å². The predicted octanol–water partition coefficient (Wildman–Crippen LogP) is 2.13. The van der Waals surface area contributed by atoms with Gasteiger partial charge in [-0.1, -0.05) is 22.8 Å². The maximum Gasteiger partial charge on any atom is 0.416 e. The molecule has 1 aromatic carbocycles. The quantitative estimate of drug-likeness (QED) is 0.226. The van der Waals surface area contributed by atoms with E-state index in [1.807, 2.05) is 0 Å². The molecule has 0 bridgehead atoms. The van der Waals surface area contributed by atoms with Crippen LogP contribution in [0.15, 0.2) is 28.8 Å². The molecule has 36 heavy (non-hydrogen) atoms. The van der Waals surface area contributed by atoms with Crippen molar-refractivity contribution >= 4 is 29.2 Å². The van der Waals surface area contributed by atoms with Gasteiger partial charge in [-0.2, -0.15) is 22.8 Å². The molecule has 0 saturated heterocycles. The van der Waals surface area contributed by atoms with Gasteiger partial charge in [-0.05, 0) is 30.0 Å². The van der Waals surface area contributed by atoms with Crippen molar-refractivity contribution in [3.05, 3.63) is 62.4 Å². The number of hydrogen-bond donors (Lipinski definition) is 2. The summed E-state index contributed by atoms with van der Waals surface area (Å²) in [7, 11) is 0. The zero-order valence-corrected chi connectivity index (χ0v) is 19.1. The number of benzene rings is 1. The maximum absolute atomic E-state index is 12.7. The summed E-state index contributed by atoms with van der Waals surface area (Å²) in [6.45, 7) is 0.780. The van der Waals surface area contributed by atoms with Crippen molar-refractivity contribution in [2.24, 2.45) is 0 Å². The summed E-state index contributed by atoms with van der Waals surface area (Å²) < 4.78 is 49.2. The van der Waals surface area contributed by atoms with Crippen molar-refractivity contribution in [2.45, 2.75) is 19.6 Å². The highest BCUT2D eigenvalue weighted by atomic mass is 35.5. The number of carbonyl (C=O) groups excluding carboxylic acids is 2. The molecule has 2 amide bonds. The van der Waals surface area contributed by atoms with Crippen LogP contribution >= 0.6 is 11.6 Å². The summed E-state index contributed by atoms with van der Waals surface area (Å²) in [4.78, 5) is 38.0. The fraction of sp³-hybridized carbons (Fsp3) is 0.316. The van der Waals surface area contributed by atoms with Crippen molar-refractivity contribution in [1.82, 2.24) is 30.6 Å². The Labute approximate surface area is 204 Å². The normalized spacial score (nSPS) is 11.2. The van der Waals surface area contributed by atoms with Crippen molar-refractivity contribution in [1.29, 1.82) is 0 Å². The molecule has 0 saturated carbocycles. The van der Waals surface area contributed by atoms with Gasteiger partial charge in [-0.3, -0.25) is 9.59 Å². The molecule has 17 heteroatoms. The van der Waals surface area contributed by atoms with Crippen LogP contribution in [0.5, 0.6) is 5.75 Å². The number of hydrogen-bond acceptors (Lipinski definition) is 9. The van der Waals surface area contributed by atoms with Gasteiger partial charge in [-0.15, -0.1) is 0 Å². The van der Waals surface area contributed by atoms with E-state index in [1.165, 1.54) is 17.7 Å². The van der Waals surface area contributed by atoms with Gasteiger partial charge < -0.3 is 30.0 Å². The van der Waals surface area contributed by atoms with Crippen LogP contribution in [-0.2, 0) is 17.5 Å². The number of nitrogens with zero attached hydrogens (tertiary/aromatic N) is 5. The monoisotopic (exact) mass is 531 g/mol. The molecule has 3 aromatic rings. The van der Waals surface area contributed by atoms with Crippen LogP contribution in [0, 0.1) is 17.0 Å². The summed E-state index contributed by atoms with van der Waals surface area (Å²) in [5.41, 5.74) is -0.607. The number of alkyl halides is 3. The number of halogens is 4. The Morgan fingerprint density at radius 3 is 2.67 bits per heavy atom. The molecule has 0 unspecified atom stereocenters. The number of amides is 2. The molecule has 0 aliphatic heterocycles. The molecule has 0 fully saturated rings. The Balaban J connectivity index is 1.42. The molecule has 0 aliphatic carbocycles. The summed E-state index contributed by atoms with van der Waals surface area (Å²) in [6, 6.07) is 4.09. The number of nitro groups is 1. The van der Waals surface area contributed by atoms with Crippen molar-refractivity contribution in [2.75, 3.05) is 19.7 Å². The molecule has 192 valence electrons. The van der Waals surface area contributed by atoms with Crippen molar-refractivity contribution in [3.63, 3.8) is 0 Å².